The monoisotopic (exact) mass is 343 g/mol. The molecule has 0 saturated carbocycles. The topological polar surface area (TPSA) is 128 Å². The lowest BCUT2D eigenvalue weighted by Crippen LogP contribution is -2.49. The van der Waals surface area contributed by atoms with Crippen LogP contribution in [0.25, 0.3) is 0 Å². The minimum atomic E-state index is -3.47. The van der Waals surface area contributed by atoms with Gasteiger partial charge >= 0.3 is 0 Å². The Kier molecular flexibility index (Phi) is 5.50. The number of carbonyl (C=O) groups is 1. The fourth-order valence-electron chi connectivity index (χ4n) is 2.39. The summed E-state index contributed by atoms with van der Waals surface area (Å²) in [6.07, 6.45) is 2.42. The van der Waals surface area contributed by atoms with Crippen LogP contribution in [0.4, 0.5) is 5.82 Å². The standard InChI is InChI=1S/C13H21N5O4S/c1-9-7-18(8-10(2)22-9)23(20,21)6-5-17-13(19)11-12(14)16-4-3-15-11/h3-4,9-10H,5-8H2,1-2H3,(H2,14,16)(H,17,19). The van der Waals surface area contributed by atoms with Crippen LogP contribution in [0, 0.1) is 0 Å². The van der Waals surface area contributed by atoms with Crippen LogP contribution in [0.15, 0.2) is 12.4 Å². The molecule has 1 aliphatic heterocycles. The Labute approximate surface area is 135 Å². The summed E-state index contributed by atoms with van der Waals surface area (Å²) in [6, 6.07) is 0. The van der Waals surface area contributed by atoms with E-state index in [9.17, 15) is 13.2 Å². The van der Waals surface area contributed by atoms with Gasteiger partial charge in [0.2, 0.25) is 10.0 Å². The molecule has 10 heteroatoms. The third-order valence-corrected chi connectivity index (χ3v) is 5.17. The van der Waals surface area contributed by atoms with Gasteiger partial charge in [-0.1, -0.05) is 0 Å². The van der Waals surface area contributed by atoms with Crippen molar-refractivity contribution < 1.29 is 17.9 Å². The van der Waals surface area contributed by atoms with E-state index in [-0.39, 0.29) is 36.0 Å². The van der Waals surface area contributed by atoms with Crippen molar-refractivity contribution in [1.82, 2.24) is 19.6 Å². The molecule has 1 fully saturated rings. The molecule has 3 N–H and O–H groups in total. The van der Waals surface area contributed by atoms with Gasteiger partial charge in [-0.25, -0.2) is 18.4 Å². The van der Waals surface area contributed by atoms with Crippen LogP contribution >= 0.6 is 0 Å². The second-order valence-electron chi connectivity index (χ2n) is 5.44. The second-order valence-corrected chi connectivity index (χ2v) is 7.52. The predicted octanol–water partition coefficient (Wildman–Crippen LogP) is -0.772. The molecule has 1 aliphatic rings. The first-order valence-electron chi connectivity index (χ1n) is 7.27. The van der Waals surface area contributed by atoms with Crippen molar-refractivity contribution in [3.05, 3.63) is 18.1 Å². The molecule has 2 unspecified atom stereocenters. The van der Waals surface area contributed by atoms with Crippen LogP contribution in [0.3, 0.4) is 0 Å². The summed E-state index contributed by atoms with van der Waals surface area (Å²) < 4.78 is 31.6. The normalized spacial score (nSPS) is 22.7. The summed E-state index contributed by atoms with van der Waals surface area (Å²) in [6.45, 7) is 4.26. The smallest absolute Gasteiger partial charge is 0.273 e. The first-order valence-corrected chi connectivity index (χ1v) is 8.88. The molecule has 1 saturated heterocycles. The molecule has 128 valence electrons. The van der Waals surface area contributed by atoms with Crippen LogP contribution in [0.1, 0.15) is 24.3 Å². The van der Waals surface area contributed by atoms with Gasteiger partial charge in [-0.15, -0.1) is 0 Å². The highest BCUT2D eigenvalue weighted by Crippen LogP contribution is 2.14. The molecule has 0 spiro atoms. The molecule has 1 aromatic rings. The molecule has 0 aromatic carbocycles. The summed E-state index contributed by atoms with van der Waals surface area (Å²) >= 11 is 0. The lowest BCUT2D eigenvalue weighted by molar-refractivity contribution is -0.0440. The van der Waals surface area contributed by atoms with E-state index in [0.29, 0.717) is 13.1 Å². The van der Waals surface area contributed by atoms with Gasteiger partial charge in [0.1, 0.15) is 0 Å². The quantitative estimate of drug-likeness (QED) is 0.718. The van der Waals surface area contributed by atoms with Crippen LogP contribution in [-0.4, -0.2) is 66.2 Å². The number of carbonyl (C=O) groups excluding carboxylic acids is 1. The maximum atomic E-state index is 12.3. The highest BCUT2D eigenvalue weighted by molar-refractivity contribution is 7.89. The fourth-order valence-corrected chi connectivity index (χ4v) is 3.88. The summed E-state index contributed by atoms with van der Waals surface area (Å²) in [7, 11) is -3.47. The Morgan fingerprint density at radius 2 is 1.96 bits per heavy atom. The lowest BCUT2D eigenvalue weighted by atomic mass is 10.3. The van der Waals surface area contributed by atoms with Gasteiger partial charge in [0.25, 0.3) is 5.91 Å². The van der Waals surface area contributed by atoms with Crippen molar-refractivity contribution in [2.24, 2.45) is 0 Å². The van der Waals surface area contributed by atoms with Crippen molar-refractivity contribution >= 4 is 21.7 Å². The van der Waals surface area contributed by atoms with E-state index in [1.165, 1.54) is 16.7 Å². The highest BCUT2D eigenvalue weighted by Gasteiger charge is 2.30. The number of sulfonamides is 1. The Bertz CT molecular complexity index is 656. The van der Waals surface area contributed by atoms with Crippen LogP contribution in [0.5, 0.6) is 0 Å². The molecule has 1 amide bonds. The first-order chi connectivity index (χ1) is 10.8. The van der Waals surface area contributed by atoms with Gasteiger partial charge < -0.3 is 15.8 Å². The molecule has 9 nitrogen and oxygen atoms in total. The molecular weight excluding hydrogens is 322 g/mol. The van der Waals surface area contributed by atoms with E-state index >= 15 is 0 Å². The molecule has 2 rings (SSSR count). The highest BCUT2D eigenvalue weighted by atomic mass is 32.2. The SMILES string of the molecule is CC1CN(S(=O)(=O)CCNC(=O)c2nccnc2N)CC(C)O1. The van der Waals surface area contributed by atoms with E-state index in [1.54, 1.807) is 0 Å². The Morgan fingerprint density at radius 1 is 1.35 bits per heavy atom. The van der Waals surface area contributed by atoms with Crippen molar-refractivity contribution in [2.45, 2.75) is 26.1 Å². The molecule has 2 heterocycles. The predicted molar refractivity (Wildman–Crippen MR) is 84.1 cm³/mol. The summed E-state index contributed by atoms with van der Waals surface area (Å²) in [5, 5.41) is 2.50. The van der Waals surface area contributed by atoms with E-state index < -0.39 is 15.9 Å². The Hall–Kier alpha value is -1.78. The number of nitrogens with zero attached hydrogens (tertiary/aromatic N) is 3. The van der Waals surface area contributed by atoms with Crippen molar-refractivity contribution in [1.29, 1.82) is 0 Å². The first kappa shape index (κ1) is 17.6. The zero-order chi connectivity index (χ0) is 17.0. The van der Waals surface area contributed by atoms with Crippen LogP contribution in [-0.2, 0) is 14.8 Å². The Balaban J connectivity index is 1.90. The molecular formula is C13H21N5O4S. The van der Waals surface area contributed by atoms with Crippen molar-refractivity contribution in [3.8, 4) is 0 Å². The van der Waals surface area contributed by atoms with E-state index in [4.69, 9.17) is 10.5 Å². The molecule has 0 radical (unpaired) electrons. The third-order valence-electron chi connectivity index (χ3n) is 3.37. The average Bonchev–Trinajstić information content (AvgIpc) is 2.46. The van der Waals surface area contributed by atoms with E-state index in [0.717, 1.165) is 0 Å². The lowest BCUT2D eigenvalue weighted by Gasteiger charge is -2.34. The zero-order valence-corrected chi connectivity index (χ0v) is 13.9. The number of rotatable bonds is 5. The van der Waals surface area contributed by atoms with Crippen LogP contribution in [0.2, 0.25) is 0 Å². The number of nitrogens with one attached hydrogen (secondary N) is 1. The maximum Gasteiger partial charge on any atom is 0.273 e. The van der Waals surface area contributed by atoms with Crippen molar-refractivity contribution in [2.75, 3.05) is 31.1 Å². The minimum absolute atomic E-state index is 0.00341. The second kappa shape index (κ2) is 7.20. The molecule has 23 heavy (non-hydrogen) atoms. The summed E-state index contributed by atoms with van der Waals surface area (Å²) in [5.74, 6) is -0.739. The molecule has 1 aromatic heterocycles. The van der Waals surface area contributed by atoms with Gasteiger partial charge in [-0.05, 0) is 13.8 Å². The number of aromatic nitrogens is 2. The fraction of sp³-hybridized carbons (Fsp3) is 0.615. The number of ether oxygens (including phenoxy) is 1. The van der Waals surface area contributed by atoms with Gasteiger partial charge in [-0.3, -0.25) is 4.79 Å². The van der Waals surface area contributed by atoms with Gasteiger partial charge in [0, 0.05) is 32.0 Å². The number of amides is 1. The molecule has 0 aliphatic carbocycles. The van der Waals surface area contributed by atoms with Gasteiger partial charge in [0.15, 0.2) is 11.5 Å². The van der Waals surface area contributed by atoms with E-state index in [2.05, 4.69) is 15.3 Å². The van der Waals surface area contributed by atoms with Crippen LogP contribution < -0.4 is 11.1 Å². The number of hydrogen-bond acceptors (Lipinski definition) is 7. The molecule has 0 bridgehead atoms. The summed E-state index contributed by atoms with van der Waals surface area (Å²) in [4.78, 5) is 19.5. The number of hydrogen-bond donors (Lipinski definition) is 2. The van der Waals surface area contributed by atoms with Crippen molar-refractivity contribution in [3.63, 3.8) is 0 Å². The number of morpholine rings is 1. The molecule has 2 atom stereocenters. The van der Waals surface area contributed by atoms with E-state index in [1.807, 2.05) is 13.8 Å². The zero-order valence-electron chi connectivity index (χ0n) is 13.1. The van der Waals surface area contributed by atoms with Gasteiger partial charge in [0.05, 0.1) is 18.0 Å². The average molecular weight is 343 g/mol. The Morgan fingerprint density at radius 3 is 2.57 bits per heavy atom. The summed E-state index contributed by atoms with van der Waals surface area (Å²) in [5.41, 5.74) is 5.54. The third kappa shape index (κ3) is 4.60. The van der Waals surface area contributed by atoms with Gasteiger partial charge in [-0.2, -0.15) is 4.31 Å². The maximum absolute atomic E-state index is 12.3. The largest absolute Gasteiger partial charge is 0.382 e. The minimum Gasteiger partial charge on any atom is -0.382 e. The number of nitrogen functional groups attached to an aromatic ring is 1. The number of nitrogens with two attached hydrogens (primary N) is 1. The number of anilines is 1.